The zero-order valence-corrected chi connectivity index (χ0v) is 19.3. The van der Waals surface area contributed by atoms with E-state index in [9.17, 15) is 18.0 Å². The van der Waals surface area contributed by atoms with Crippen LogP contribution in [0.25, 0.3) is 0 Å². The van der Waals surface area contributed by atoms with Crippen LogP contribution in [-0.4, -0.2) is 61.4 Å². The molecule has 3 aliphatic rings. The number of sulfonamides is 1. The first kappa shape index (κ1) is 21.5. The van der Waals surface area contributed by atoms with Crippen LogP contribution in [0.15, 0.2) is 46.2 Å². The molecule has 0 bridgehead atoms. The van der Waals surface area contributed by atoms with Crippen molar-refractivity contribution in [3.63, 3.8) is 0 Å². The molecule has 5 rings (SSSR count). The van der Waals surface area contributed by atoms with Crippen molar-refractivity contribution in [2.75, 3.05) is 37.2 Å². The molecule has 1 N–H and O–H groups in total. The van der Waals surface area contributed by atoms with Gasteiger partial charge in [0.05, 0.1) is 16.3 Å². The van der Waals surface area contributed by atoms with E-state index in [1.165, 1.54) is 21.6 Å². The van der Waals surface area contributed by atoms with Gasteiger partial charge in [-0.15, -0.1) is 11.8 Å². The van der Waals surface area contributed by atoms with Crippen molar-refractivity contribution in [1.29, 1.82) is 0 Å². The zero-order valence-electron chi connectivity index (χ0n) is 17.7. The number of nitrogens with one attached hydrogen (secondary N) is 1. The average molecular weight is 472 g/mol. The minimum absolute atomic E-state index is 0.0758. The lowest BCUT2D eigenvalue weighted by atomic mass is 9.92. The summed E-state index contributed by atoms with van der Waals surface area (Å²) in [4.78, 5) is 27.6. The second kappa shape index (κ2) is 8.53. The third-order valence-corrected chi connectivity index (χ3v) is 9.31. The predicted molar refractivity (Wildman–Crippen MR) is 124 cm³/mol. The molecule has 2 aromatic carbocycles. The van der Waals surface area contributed by atoms with E-state index < -0.39 is 10.0 Å². The molecule has 1 fully saturated rings. The summed E-state index contributed by atoms with van der Waals surface area (Å²) in [7, 11) is -3.58. The molecule has 0 saturated carbocycles. The van der Waals surface area contributed by atoms with E-state index in [1.54, 1.807) is 23.1 Å². The van der Waals surface area contributed by atoms with E-state index in [-0.39, 0.29) is 24.9 Å². The SMILES string of the molecule is O=C1CSc2ccc(C(=O)N3CCN(S(=O)(=O)c4ccc5c(c4)CCCC5)CC3)cc2N1. The molecule has 32 heavy (non-hydrogen) atoms. The number of carbonyl (C=O) groups is 2. The van der Waals surface area contributed by atoms with Crippen LogP contribution in [0.4, 0.5) is 5.69 Å². The van der Waals surface area contributed by atoms with Gasteiger partial charge in [-0.1, -0.05) is 6.07 Å². The van der Waals surface area contributed by atoms with Gasteiger partial charge in [0.1, 0.15) is 0 Å². The van der Waals surface area contributed by atoms with E-state index in [0.717, 1.165) is 36.1 Å². The molecular formula is C23H25N3O4S2. The van der Waals surface area contributed by atoms with Crippen molar-refractivity contribution in [3.8, 4) is 0 Å². The molecule has 7 nitrogen and oxygen atoms in total. The molecule has 0 spiro atoms. The Labute approximate surface area is 192 Å². The Morgan fingerprint density at radius 3 is 2.47 bits per heavy atom. The van der Waals surface area contributed by atoms with Crippen LogP contribution in [-0.2, 0) is 27.7 Å². The highest BCUT2D eigenvalue weighted by Crippen LogP contribution is 2.32. The molecule has 9 heteroatoms. The number of hydrogen-bond acceptors (Lipinski definition) is 5. The van der Waals surface area contributed by atoms with E-state index in [1.807, 2.05) is 18.2 Å². The van der Waals surface area contributed by atoms with Crippen LogP contribution >= 0.6 is 11.8 Å². The number of rotatable bonds is 3. The maximum absolute atomic E-state index is 13.2. The number of hydrogen-bond donors (Lipinski definition) is 1. The topological polar surface area (TPSA) is 86.8 Å². The first-order valence-corrected chi connectivity index (χ1v) is 13.3. The van der Waals surface area contributed by atoms with Gasteiger partial charge in [-0.05, 0) is 67.1 Å². The van der Waals surface area contributed by atoms with E-state index >= 15 is 0 Å². The molecule has 168 valence electrons. The van der Waals surface area contributed by atoms with Crippen molar-refractivity contribution in [3.05, 3.63) is 53.1 Å². The summed E-state index contributed by atoms with van der Waals surface area (Å²) in [6.45, 7) is 1.20. The molecule has 1 saturated heterocycles. The summed E-state index contributed by atoms with van der Waals surface area (Å²) in [6.07, 6.45) is 4.20. The number of nitrogens with zero attached hydrogens (tertiary/aromatic N) is 2. The summed E-state index contributed by atoms with van der Waals surface area (Å²) < 4.78 is 27.9. The van der Waals surface area contributed by atoms with Gasteiger partial charge in [0.15, 0.2) is 0 Å². The smallest absolute Gasteiger partial charge is 0.254 e. The van der Waals surface area contributed by atoms with Crippen molar-refractivity contribution in [2.45, 2.75) is 35.5 Å². The Balaban J connectivity index is 1.27. The standard InChI is InChI=1S/C23H25N3O4S2/c27-22-15-31-21-8-6-18(14-20(21)24-22)23(28)25-9-11-26(12-10-25)32(29,30)19-7-5-16-3-1-2-4-17(16)13-19/h5-8,13-14H,1-4,9-12,15H2,(H,24,27). The number of piperazine rings is 1. The Morgan fingerprint density at radius 1 is 0.938 bits per heavy atom. The maximum Gasteiger partial charge on any atom is 0.254 e. The van der Waals surface area contributed by atoms with Crippen LogP contribution in [0, 0.1) is 0 Å². The molecule has 0 aromatic heterocycles. The largest absolute Gasteiger partial charge is 0.336 e. The summed E-state index contributed by atoms with van der Waals surface area (Å²) in [5.74, 6) is 0.151. The fourth-order valence-electron chi connectivity index (χ4n) is 4.55. The third-order valence-electron chi connectivity index (χ3n) is 6.34. The first-order chi connectivity index (χ1) is 15.4. The lowest BCUT2D eigenvalue weighted by molar-refractivity contribution is -0.113. The molecule has 2 aliphatic heterocycles. The minimum Gasteiger partial charge on any atom is -0.336 e. The fraction of sp³-hybridized carbons (Fsp3) is 0.391. The van der Waals surface area contributed by atoms with Crippen molar-refractivity contribution < 1.29 is 18.0 Å². The quantitative estimate of drug-likeness (QED) is 0.744. The Bertz CT molecular complexity index is 1190. The molecule has 2 heterocycles. The lowest BCUT2D eigenvalue weighted by Gasteiger charge is -2.34. The third kappa shape index (κ3) is 4.04. The first-order valence-electron chi connectivity index (χ1n) is 10.9. The van der Waals surface area contributed by atoms with Gasteiger partial charge in [0.25, 0.3) is 5.91 Å². The number of thioether (sulfide) groups is 1. The van der Waals surface area contributed by atoms with Gasteiger partial charge in [-0.25, -0.2) is 8.42 Å². The number of anilines is 1. The van der Waals surface area contributed by atoms with Crippen molar-refractivity contribution in [1.82, 2.24) is 9.21 Å². The van der Waals surface area contributed by atoms with Crippen molar-refractivity contribution in [2.24, 2.45) is 0 Å². The Hall–Kier alpha value is -2.36. The number of amides is 2. The van der Waals surface area contributed by atoms with E-state index in [2.05, 4.69) is 5.32 Å². The number of benzene rings is 2. The highest BCUT2D eigenvalue weighted by atomic mass is 32.2. The monoisotopic (exact) mass is 471 g/mol. The number of aryl methyl sites for hydroxylation is 2. The van der Waals surface area contributed by atoms with Crippen LogP contribution in [0.3, 0.4) is 0 Å². The molecule has 0 atom stereocenters. The van der Waals surface area contributed by atoms with Gasteiger partial charge in [-0.3, -0.25) is 9.59 Å². The van der Waals surface area contributed by atoms with Gasteiger partial charge in [0, 0.05) is 36.6 Å². The van der Waals surface area contributed by atoms with Crippen LogP contribution < -0.4 is 5.32 Å². The zero-order chi connectivity index (χ0) is 22.3. The fourth-order valence-corrected chi connectivity index (χ4v) is 6.81. The number of fused-ring (bicyclic) bond motifs is 2. The van der Waals surface area contributed by atoms with Crippen molar-refractivity contribution >= 4 is 39.3 Å². The molecule has 1 aliphatic carbocycles. The Kier molecular flexibility index (Phi) is 5.73. The molecule has 0 unspecified atom stereocenters. The highest BCUT2D eigenvalue weighted by Gasteiger charge is 2.31. The summed E-state index contributed by atoms with van der Waals surface area (Å²) in [5.41, 5.74) is 3.55. The van der Waals surface area contributed by atoms with Crippen LogP contribution in [0.5, 0.6) is 0 Å². The summed E-state index contributed by atoms with van der Waals surface area (Å²) in [5, 5.41) is 2.81. The minimum atomic E-state index is -3.58. The highest BCUT2D eigenvalue weighted by molar-refractivity contribution is 8.00. The van der Waals surface area contributed by atoms with Crippen LogP contribution in [0.1, 0.15) is 34.3 Å². The van der Waals surface area contributed by atoms with Gasteiger partial charge in [-0.2, -0.15) is 4.31 Å². The van der Waals surface area contributed by atoms with E-state index in [4.69, 9.17) is 0 Å². The molecular weight excluding hydrogens is 446 g/mol. The van der Waals surface area contributed by atoms with Gasteiger partial charge < -0.3 is 10.2 Å². The van der Waals surface area contributed by atoms with Gasteiger partial charge in [0.2, 0.25) is 15.9 Å². The van der Waals surface area contributed by atoms with E-state index in [0.29, 0.717) is 35.0 Å². The number of carbonyl (C=O) groups excluding carboxylic acids is 2. The average Bonchev–Trinajstić information content (AvgIpc) is 2.83. The predicted octanol–water partition coefficient (Wildman–Crippen LogP) is 2.76. The van der Waals surface area contributed by atoms with Gasteiger partial charge >= 0.3 is 0 Å². The molecule has 2 amide bonds. The summed E-state index contributed by atoms with van der Waals surface area (Å²) in [6, 6.07) is 10.8. The second-order valence-electron chi connectivity index (χ2n) is 8.38. The maximum atomic E-state index is 13.2. The summed E-state index contributed by atoms with van der Waals surface area (Å²) >= 11 is 1.45. The van der Waals surface area contributed by atoms with Crippen LogP contribution in [0.2, 0.25) is 0 Å². The Morgan fingerprint density at radius 2 is 1.69 bits per heavy atom. The second-order valence-corrected chi connectivity index (χ2v) is 11.3. The molecule has 2 aromatic rings. The lowest BCUT2D eigenvalue weighted by Crippen LogP contribution is -2.50. The molecule has 0 radical (unpaired) electrons. The normalized spacial score (nSPS) is 19.1.